The zero-order valence-electron chi connectivity index (χ0n) is 7.37. The molecule has 1 aliphatic rings. The number of nitrogens with zero attached hydrogens (tertiary/aromatic N) is 1. The van der Waals surface area contributed by atoms with E-state index in [4.69, 9.17) is 5.84 Å². The molecule has 0 spiro atoms. The fourth-order valence-corrected chi connectivity index (χ4v) is 1.20. The molecule has 0 bridgehead atoms. The number of aromatic amines is 1. The van der Waals surface area contributed by atoms with Crippen LogP contribution >= 0.6 is 0 Å². The highest BCUT2D eigenvalue weighted by Crippen LogP contribution is 2.03. The minimum Gasteiger partial charge on any atom is -0.368 e. The number of piperidine rings is 1. The molecule has 2 heterocycles. The zero-order chi connectivity index (χ0) is 8.65. The third kappa shape index (κ3) is 4.16. The van der Waals surface area contributed by atoms with Gasteiger partial charge in [-0.3, -0.25) is 5.84 Å². The van der Waals surface area contributed by atoms with Gasteiger partial charge in [-0.05, 0) is 25.0 Å². The second-order valence-corrected chi connectivity index (χ2v) is 2.98. The van der Waals surface area contributed by atoms with E-state index >= 15 is 0 Å². The van der Waals surface area contributed by atoms with E-state index in [0.29, 0.717) is 0 Å². The lowest BCUT2D eigenvalue weighted by Gasteiger charge is -2.20. The van der Waals surface area contributed by atoms with Crippen molar-refractivity contribution in [1.29, 1.82) is 0 Å². The van der Waals surface area contributed by atoms with Gasteiger partial charge in [-0.1, -0.05) is 6.42 Å². The number of hydrazine groups is 1. The molecule has 1 fully saturated rings. The summed E-state index contributed by atoms with van der Waals surface area (Å²) in [7, 11) is 0. The van der Waals surface area contributed by atoms with Crippen LogP contribution in [0, 0.1) is 0 Å². The summed E-state index contributed by atoms with van der Waals surface area (Å²) >= 11 is 0. The van der Waals surface area contributed by atoms with Gasteiger partial charge in [-0.15, -0.1) is 0 Å². The molecule has 0 amide bonds. The van der Waals surface area contributed by atoms with E-state index < -0.39 is 0 Å². The number of hydrogen-bond donors (Lipinski definition) is 2. The standard InChI is InChI=1S/C5H12N2.C4H5N/c6-7-4-2-1-3-5-7;1-2-4-5-3-1/h1-6H2;1-5H. The Kier molecular flexibility index (Phi) is 4.49. The van der Waals surface area contributed by atoms with Crippen LogP contribution in [0.2, 0.25) is 0 Å². The van der Waals surface area contributed by atoms with E-state index in [9.17, 15) is 0 Å². The fourth-order valence-electron chi connectivity index (χ4n) is 1.20. The van der Waals surface area contributed by atoms with E-state index in [-0.39, 0.29) is 0 Å². The third-order valence-electron chi connectivity index (χ3n) is 1.89. The second-order valence-electron chi connectivity index (χ2n) is 2.98. The highest BCUT2D eigenvalue weighted by molar-refractivity contribution is 4.84. The first-order chi connectivity index (χ1) is 5.89. The molecule has 3 heteroatoms. The molecule has 1 aromatic rings. The van der Waals surface area contributed by atoms with Crippen molar-refractivity contribution in [2.45, 2.75) is 19.3 Å². The van der Waals surface area contributed by atoms with Crippen LogP contribution in [0.15, 0.2) is 24.5 Å². The Morgan fingerprint density at radius 2 is 1.58 bits per heavy atom. The van der Waals surface area contributed by atoms with Crippen LogP contribution < -0.4 is 5.84 Å². The molecular formula is C9H17N3. The SMILES string of the molecule is NN1CCCCC1.c1cc[nH]c1. The molecule has 68 valence electrons. The van der Waals surface area contributed by atoms with Gasteiger partial charge in [0.1, 0.15) is 0 Å². The molecule has 0 radical (unpaired) electrons. The normalized spacial score (nSPS) is 18.1. The summed E-state index contributed by atoms with van der Waals surface area (Å²) < 4.78 is 0. The maximum absolute atomic E-state index is 5.47. The largest absolute Gasteiger partial charge is 0.368 e. The summed E-state index contributed by atoms with van der Waals surface area (Å²) in [5, 5.41) is 1.89. The molecule has 0 aromatic carbocycles. The number of H-pyrrole nitrogens is 1. The van der Waals surface area contributed by atoms with Crippen LogP contribution in [0.4, 0.5) is 0 Å². The minimum absolute atomic E-state index is 1.10. The number of nitrogens with one attached hydrogen (secondary N) is 1. The van der Waals surface area contributed by atoms with Gasteiger partial charge in [0.05, 0.1) is 0 Å². The molecule has 3 N–H and O–H groups in total. The Bertz CT molecular complexity index is 149. The van der Waals surface area contributed by atoms with Gasteiger partial charge in [-0.2, -0.15) is 0 Å². The number of hydrogen-bond acceptors (Lipinski definition) is 2. The first-order valence-electron chi connectivity index (χ1n) is 4.47. The Morgan fingerprint density at radius 1 is 1.00 bits per heavy atom. The van der Waals surface area contributed by atoms with Gasteiger partial charge >= 0.3 is 0 Å². The number of nitrogens with two attached hydrogens (primary N) is 1. The molecule has 1 aliphatic heterocycles. The average molecular weight is 167 g/mol. The molecule has 0 aliphatic carbocycles. The molecule has 1 aromatic heterocycles. The van der Waals surface area contributed by atoms with Crippen LogP contribution in [0.5, 0.6) is 0 Å². The Balaban J connectivity index is 0.000000127. The van der Waals surface area contributed by atoms with Crippen molar-refractivity contribution in [2.24, 2.45) is 5.84 Å². The number of rotatable bonds is 0. The van der Waals surface area contributed by atoms with Gasteiger partial charge < -0.3 is 4.98 Å². The van der Waals surface area contributed by atoms with Gasteiger partial charge in [0.2, 0.25) is 0 Å². The lowest BCUT2D eigenvalue weighted by atomic mass is 10.2. The van der Waals surface area contributed by atoms with Crippen molar-refractivity contribution in [1.82, 2.24) is 9.99 Å². The summed E-state index contributed by atoms with van der Waals surface area (Å²) in [4.78, 5) is 2.86. The predicted octanol–water partition coefficient (Wildman–Crippen LogP) is 1.36. The predicted molar refractivity (Wildman–Crippen MR) is 50.4 cm³/mol. The van der Waals surface area contributed by atoms with Crippen LogP contribution in [-0.4, -0.2) is 23.1 Å². The summed E-state index contributed by atoms with van der Waals surface area (Å²) in [5.74, 6) is 5.47. The molecule has 2 rings (SSSR count). The van der Waals surface area contributed by atoms with Gasteiger partial charge in [-0.25, -0.2) is 5.01 Å². The molecule has 0 saturated carbocycles. The molecule has 12 heavy (non-hydrogen) atoms. The summed E-state index contributed by atoms with van der Waals surface area (Å²) in [6.45, 7) is 2.19. The fraction of sp³-hybridized carbons (Fsp3) is 0.556. The topological polar surface area (TPSA) is 45.0 Å². The van der Waals surface area contributed by atoms with Gasteiger partial charge in [0.25, 0.3) is 0 Å². The maximum atomic E-state index is 5.47. The first-order valence-corrected chi connectivity index (χ1v) is 4.47. The summed E-state index contributed by atoms with van der Waals surface area (Å²) in [6, 6.07) is 3.89. The molecule has 1 saturated heterocycles. The van der Waals surface area contributed by atoms with Gasteiger partial charge in [0.15, 0.2) is 0 Å². The third-order valence-corrected chi connectivity index (χ3v) is 1.89. The molecular weight excluding hydrogens is 150 g/mol. The van der Waals surface area contributed by atoms with Crippen molar-refractivity contribution in [3.63, 3.8) is 0 Å². The zero-order valence-corrected chi connectivity index (χ0v) is 7.37. The monoisotopic (exact) mass is 167 g/mol. The maximum Gasteiger partial charge on any atom is 0.0128 e. The lowest BCUT2D eigenvalue weighted by molar-refractivity contribution is 0.235. The van der Waals surface area contributed by atoms with E-state index in [1.165, 1.54) is 19.3 Å². The lowest BCUT2D eigenvalue weighted by Crippen LogP contribution is -2.35. The minimum atomic E-state index is 1.10. The van der Waals surface area contributed by atoms with Crippen LogP contribution in [0.1, 0.15) is 19.3 Å². The molecule has 0 unspecified atom stereocenters. The summed E-state index contributed by atoms with van der Waals surface area (Å²) in [6.07, 6.45) is 7.70. The van der Waals surface area contributed by atoms with Crippen LogP contribution in [0.3, 0.4) is 0 Å². The van der Waals surface area contributed by atoms with Crippen molar-refractivity contribution in [2.75, 3.05) is 13.1 Å². The van der Waals surface area contributed by atoms with Crippen LogP contribution in [-0.2, 0) is 0 Å². The van der Waals surface area contributed by atoms with Crippen molar-refractivity contribution in [3.8, 4) is 0 Å². The van der Waals surface area contributed by atoms with E-state index in [1.807, 2.05) is 29.5 Å². The molecule has 0 atom stereocenters. The first kappa shape index (κ1) is 9.29. The Hall–Kier alpha value is -0.800. The second kappa shape index (κ2) is 5.80. The van der Waals surface area contributed by atoms with E-state index in [2.05, 4.69) is 4.98 Å². The van der Waals surface area contributed by atoms with Crippen molar-refractivity contribution < 1.29 is 0 Å². The quantitative estimate of drug-likeness (QED) is 0.573. The van der Waals surface area contributed by atoms with Gasteiger partial charge in [0, 0.05) is 25.5 Å². The average Bonchev–Trinajstić information content (AvgIpc) is 2.62. The van der Waals surface area contributed by atoms with Crippen molar-refractivity contribution >= 4 is 0 Å². The smallest absolute Gasteiger partial charge is 0.0128 e. The van der Waals surface area contributed by atoms with E-state index in [1.54, 1.807) is 0 Å². The molecule has 3 nitrogen and oxygen atoms in total. The van der Waals surface area contributed by atoms with Crippen molar-refractivity contribution in [3.05, 3.63) is 24.5 Å². The number of aromatic nitrogens is 1. The van der Waals surface area contributed by atoms with E-state index in [0.717, 1.165) is 13.1 Å². The Labute approximate surface area is 73.5 Å². The highest BCUT2D eigenvalue weighted by atomic mass is 15.4. The Morgan fingerprint density at radius 3 is 1.83 bits per heavy atom. The summed E-state index contributed by atoms with van der Waals surface area (Å²) in [5.41, 5.74) is 0. The van der Waals surface area contributed by atoms with Crippen LogP contribution in [0.25, 0.3) is 0 Å². The highest BCUT2D eigenvalue weighted by Gasteiger charge is 2.02.